The standard InChI is InChI=1S/C13H23NOS/c1-10(7-8-15-4)14-11(2)9-13-6-5-12(3)16-13/h5-6,10-11,14H,7-9H2,1-4H3. The van der Waals surface area contributed by atoms with Crippen molar-refractivity contribution >= 4 is 11.3 Å². The number of hydrogen-bond donors (Lipinski definition) is 1. The second-order valence-electron chi connectivity index (χ2n) is 4.47. The molecule has 2 unspecified atom stereocenters. The minimum absolute atomic E-state index is 0.524. The molecule has 0 aliphatic carbocycles. The van der Waals surface area contributed by atoms with Crippen LogP contribution in [0.4, 0.5) is 0 Å². The normalized spacial score (nSPS) is 15.0. The SMILES string of the molecule is COCCC(C)NC(C)Cc1ccc(C)s1. The number of thiophene rings is 1. The summed E-state index contributed by atoms with van der Waals surface area (Å²) in [5.41, 5.74) is 0. The molecule has 0 aliphatic heterocycles. The first-order chi connectivity index (χ1) is 7.61. The van der Waals surface area contributed by atoms with Gasteiger partial charge in [-0.1, -0.05) is 0 Å². The summed E-state index contributed by atoms with van der Waals surface area (Å²) in [5, 5.41) is 3.60. The van der Waals surface area contributed by atoms with E-state index in [2.05, 4.69) is 38.2 Å². The zero-order chi connectivity index (χ0) is 12.0. The van der Waals surface area contributed by atoms with Gasteiger partial charge in [-0.05, 0) is 45.7 Å². The minimum atomic E-state index is 0.524. The van der Waals surface area contributed by atoms with Crippen LogP contribution in [0.5, 0.6) is 0 Å². The molecule has 1 aromatic heterocycles. The number of rotatable bonds is 7. The van der Waals surface area contributed by atoms with Gasteiger partial charge >= 0.3 is 0 Å². The molecule has 0 aromatic carbocycles. The Labute approximate surface area is 103 Å². The van der Waals surface area contributed by atoms with Crippen LogP contribution in [0.15, 0.2) is 12.1 Å². The van der Waals surface area contributed by atoms with E-state index in [0.29, 0.717) is 12.1 Å². The number of aryl methyl sites for hydroxylation is 1. The second kappa shape index (κ2) is 7.05. The van der Waals surface area contributed by atoms with Gasteiger partial charge < -0.3 is 10.1 Å². The van der Waals surface area contributed by atoms with E-state index in [9.17, 15) is 0 Å². The molecule has 0 amide bonds. The number of methoxy groups -OCH3 is 1. The zero-order valence-electron chi connectivity index (χ0n) is 10.7. The third kappa shape index (κ3) is 5.10. The lowest BCUT2D eigenvalue weighted by atomic mass is 10.1. The largest absolute Gasteiger partial charge is 0.385 e. The maximum absolute atomic E-state index is 5.08. The first kappa shape index (κ1) is 13.7. The average molecular weight is 241 g/mol. The molecule has 0 saturated heterocycles. The van der Waals surface area contributed by atoms with Crippen LogP contribution in [0.1, 0.15) is 30.0 Å². The highest BCUT2D eigenvalue weighted by atomic mass is 32.1. The second-order valence-corrected chi connectivity index (χ2v) is 5.84. The van der Waals surface area contributed by atoms with E-state index >= 15 is 0 Å². The van der Waals surface area contributed by atoms with Gasteiger partial charge in [0.05, 0.1) is 0 Å². The Morgan fingerprint density at radius 2 is 2.06 bits per heavy atom. The molecule has 1 heterocycles. The molecule has 1 aromatic rings. The summed E-state index contributed by atoms with van der Waals surface area (Å²) in [5.74, 6) is 0. The van der Waals surface area contributed by atoms with E-state index in [1.165, 1.54) is 9.75 Å². The molecule has 3 heteroatoms. The van der Waals surface area contributed by atoms with E-state index < -0.39 is 0 Å². The predicted octanol–water partition coefficient (Wildman–Crippen LogP) is 3.00. The van der Waals surface area contributed by atoms with Gasteiger partial charge in [0, 0.05) is 35.6 Å². The van der Waals surface area contributed by atoms with E-state index in [1.807, 2.05) is 11.3 Å². The Morgan fingerprint density at radius 3 is 2.62 bits per heavy atom. The first-order valence-electron chi connectivity index (χ1n) is 5.92. The quantitative estimate of drug-likeness (QED) is 0.792. The summed E-state index contributed by atoms with van der Waals surface area (Å²) in [6, 6.07) is 5.49. The lowest BCUT2D eigenvalue weighted by Crippen LogP contribution is -2.36. The van der Waals surface area contributed by atoms with Crippen molar-refractivity contribution < 1.29 is 4.74 Å². The molecule has 92 valence electrons. The molecular formula is C13H23NOS. The summed E-state index contributed by atoms with van der Waals surface area (Å²) in [7, 11) is 1.75. The maximum atomic E-state index is 5.08. The summed E-state index contributed by atoms with van der Waals surface area (Å²) in [6.45, 7) is 7.46. The summed E-state index contributed by atoms with van der Waals surface area (Å²) >= 11 is 1.90. The van der Waals surface area contributed by atoms with Gasteiger partial charge in [-0.15, -0.1) is 11.3 Å². The maximum Gasteiger partial charge on any atom is 0.0476 e. The van der Waals surface area contributed by atoms with Crippen LogP contribution < -0.4 is 5.32 Å². The summed E-state index contributed by atoms with van der Waals surface area (Å²) in [6.07, 6.45) is 2.19. The smallest absolute Gasteiger partial charge is 0.0476 e. The Morgan fingerprint density at radius 1 is 1.31 bits per heavy atom. The van der Waals surface area contributed by atoms with Gasteiger partial charge in [0.15, 0.2) is 0 Å². The van der Waals surface area contributed by atoms with Crippen LogP contribution in [0, 0.1) is 6.92 Å². The van der Waals surface area contributed by atoms with Crippen molar-refractivity contribution in [1.82, 2.24) is 5.32 Å². The van der Waals surface area contributed by atoms with E-state index in [1.54, 1.807) is 7.11 Å². The third-order valence-electron chi connectivity index (χ3n) is 2.63. The van der Waals surface area contributed by atoms with Crippen molar-refractivity contribution in [3.05, 3.63) is 21.9 Å². The molecule has 2 atom stereocenters. The monoisotopic (exact) mass is 241 g/mol. The van der Waals surface area contributed by atoms with Crippen LogP contribution >= 0.6 is 11.3 Å². The van der Waals surface area contributed by atoms with Crippen molar-refractivity contribution in [2.75, 3.05) is 13.7 Å². The molecule has 0 aliphatic rings. The molecular weight excluding hydrogens is 218 g/mol. The highest BCUT2D eigenvalue weighted by Crippen LogP contribution is 2.16. The summed E-state index contributed by atoms with van der Waals surface area (Å²) < 4.78 is 5.08. The lowest BCUT2D eigenvalue weighted by molar-refractivity contribution is 0.183. The third-order valence-corrected chi connectivity index (χ3v) is 3.65. The highest BCUT2D eigenvalue weighted by Gasteiger charge is 2.08. The van der Waals surface area contributed by atoms with Gasteiger partial charge in [0.25, 0.3) is 0 Å². The molecule has 1 rings (SSSR count). The molecule has 16 heavy (non-hydrogen) atoms. The van der Waals surface area contributed by atoms with Gasteiger partial charge in [-0.3, -0.25) is 0 Å². The molecule has 2 nitrogen and oxygen atoms in total. The molecule has 0 bridgehead atoms. The lowest BCUT2D eigenvalue weighted by Gasteiger charge is -2.19. The van der Waals surface area contributed by atoms with Crippen molar-refractivity contribution in [1.29, 1.82) is 0 Å². The van der Waals surface area contributed by atoms with Crippen molar-refractivity contribution in [3.8, 4) is 0 Å². The zero-order valence-corrected chi connectivity index (χ0v) is 11.6. The minimum Gasteiger partial charge on any atom is -0.385 e. The van der Waals surface area contributed by atoms with Gasteiger partial charge in [0.2, 0.25) is 0 Å². The van der Waals surface area contributed by atoms with Crippen LogP contribution in [-0.2, 0) is 11.2 Å². The number of ether oxygens (including phenoxy) is 1. The van der Waals surface area contributed by atoms with Gasteiger partial charge in [-0.25, -0.2) is 0 Å². The van der Waals surface area contributed by atoms with Crippen molar-refractivity contribution in [3.63, 3.8) is 0 Å². The van der Waals surface area contributed by atoms with E-state index in [0.717, 1.165) is 19.4 Å². The highest BCUT2D eigenvalue weighted by molar-refractivity contribution is 7.11. The van der Waals surface area contributed by atoms with Crippen LogP contribution in [0.25, 0.3) is 0 Å². The van der Waals surface area contributed by atoms with Crippen LogP contribution in [0.3, 0.4) is 0 Å². The van der Waals surface area contributed by atoms with Gasteiger partial charge in [0.1, 0.15) is 0 Å². The van der Waals surface area contributed by atoms with Crippen molar-refractivity contribution in [2.45, 2.75) is 45.7 Å². The fourth-order valence-electron chi connectivity index (χ4n) is 1.82. The predicted molar refractivity (Wildman–Crippen MR) is 71.3 cm³/mol. The fraction of sp³-hybridized carbons (Fsp3) is 0.692. The fourth-order valence-corrected chi connectivity index (χ4v) is 2.84. The summed E-state index contributed by atoms with van der Waals surface area (Å²) in [4.78, 5) is 2.87. The molecule has 0 saturated carbocycles. The molecule has 0 fully saturated rings. The Hall–Kier alpha value is -0.380. The van der Waals surface area contributed by atoms with E-state index in [-0.39, 0.29) is 0 Å². The number of nitrogens with one attached hydrogen (secondary N) is 1. The first-order valence-corrected chi connectivity index (χ1v) is 6.73. The number of hydrogen-bond acceptors (Lipinski definition) is 3. The van der Waals surface area contributed by atoms with Gasteiger partial charge in [-0.2, -0.15) is 0 Å². The Balaban J connectivity index is 2.27. The Bertz CT molecular complexity index is 298. The molecule has 1 N–H and O–H groups in total. The van der Waals surface area contributed by atoms with Crippen LogP contribution in [-0.4, -0.2) is 25.8 Å². The average Bonchev–Trinajstić information content (AvgIpc) is 2.60. The van der Waals surface area contributed by atoms with E-state index in [4.69, 9.17) is 4.74 Å². The molecule has 0 radical (unpaired) electrons. The topological polar surface area (TPSA) is 21.3 Å². The van der Waals surface area contributed by atoms with Crippen LogP contribution in [0.2, 0.25) is 0 Å². The Kier molecular flexibility index (Phi) is 6.03. The van der Waals surface area contributed by atoms with Crippen molar-refractivity contribution in [2.24, 2.45) is 0 Å². The molecule has 0 spiro atoms.